The summed E-state index contributed by atoms with van der Waals surface area (Å²) >= 11 is 0. The quantitative estimate of drug-likeness (QED) is 0.598. The van der Waals surface area contributed by atoms with E-state index < -0.39 is 6.09 Å². The first-order valence-electron chi connectivity index (χ1n) is 3.90. The van der Waals surface area contributed by atoms with Crippen LogP contribution < -0.4 is 0 Å². The number of carbonyl (C=O) groups excluding carboxylic acids is 1. The summed E-state index contributed by atoms with van der Waals surface area (Å²) in [5.74, 6) is -0.346. The van der Waals surface area contributed by atoms with Gasteiger partial charge in [-0.1, -0.05) is 12.1 Å². The molecule has 0 aromatic heterocycles. The number of fused-ring (bicyclic) bond motifs is 1. The van der Waals surface area contributed by atoms with Gasteiger partial charge in [-0.3, -0.25) is 4.90 Å². The molecule has 0 unspecified atom stereocenters. The highest BCUT2D eigenvalue weighted by Gasteiger charge is 2.25. The molecule has 2 rings (SSSR count). The number of hydrogen-bond donors (Lipinski definition) is 0. The summed E-state index contributed by atoms with van der Waals surface area (Å²) in [5, 5.41) is 10.5. The molecule has 0 saturated carbocycles. The van der Waals surface area contributed by atoms with Gasteiger partial charge in [0.25, 0.3) is 0 Å². The monoisotopic (exact) mass is 180 g/mol. The maximum atomic E-state index is 13.1. The topological polar surface area (TPSA) is 40.2 Å². The van der Waals surface area contributed by atoms with Crippen LogP contribution in [0.15, 0.2) is 18.2 Å². The summed E-state index contributed by atoms with van der Waals surface area (Å²) in [6.45, 7) is 0.333. The van der Waals surface area contributed by atoms with Crippen LogP contribution in [0.1, 0.15) is 11.1 Å². The van der Waals surface area contributed by atoms with Crippen LogP contribution in [0, 0.1) is 5.82 Å². The smallest absolute Gasteiger partial charge is 0.296 e. The average Bonchev–Trinajstić information content (AvgIpc) is 2.49. The molecular formula is C9H7FNO2. The Morgan fingerprint density at radius 1 is 1.38 bits per heavy atom. The highest BCUT2D eigenvalue weighted by atomic mass is 19.1. The summed E-state index contributed by atoms with van der Waals surface area (Å²) in [6.07, 6.45) is -1.25. The van der Waals surface area contributed by atoms with Crippen LogP contribution in [-0.2, 0) is 18.2 Å². The molecule has 0 bridgehead atoms. The Labute approximate surface area is 74.4 Å². The average molecular weight is 180 g/mol. The van der Waals surface area contributed by atoms with Crippen molar-refractivity contribution in [3.05, 3.63) is 35.1 Å². The molecule has 0 fully saturated rings. The van der Waals surface area contributed by atoms with Crippen molar-refractivity contribution in [1.82, 2.24) is 4.90 Å². The first-order chi connectivity index (χ1) is 6.18. The van der Waals surface area contributed by atoms with Crippen molar-refractivity contribution in [2.45, 2.75) is 13.1 Å². The van der Waals surface area contributed by atoms with Crippen molar-refractivity contribution < 1.29 is 14.3 Å². The zero-order valence-electron chi connectivity index (χ0n) is 6.79. The number of carbonyl (C=O) groups is 1. The second-order valence-corrected chi connectivity index (χ2v) is 3.00. The molecule has 0 saturated heterocycles. The Balaban J connectivity index is 2.35. The largest absolute Gasteiger partial charge is 0.453 e. The Morgan fingerprint density at radius 3 is 2.77 bits per heavy atom. The minimum Gasteiger partial charge on any atom is -0.296 e. The standard InChI is InChI=1S/C9H7FNO2/c10-8-3-1-2-6-4-11(9(12)13)5-7(6)8/h1-3H,4-5H2. The molecule has 1 aromatic carbocycles. The Bertz CT molecular complexity index is 365. The lowest BCUT2D eigenvalue weighted by Gasteiger charge is -2.06. The zero-order valence-corrected chi connectivity index (χ0v) is 6.79. The molecule has 4 heteroatoms. The van der Waals surface area contributed by atoms with Gasteiger partial charge < -0.3 is 0 Å². The lowest BCUT2D eigenvalue weighted by atomic mass is 10.1. The first-order valence-corrected chi connectivity index (χ1v) is 3.90. The fourth-order valence-electron chi connectivity index (χ4n) is 1.51. The third-order valence-corrected chi connectivity index (χ3v) is 2.18. The Hall–Kier alpha value is -1.58. The van der Waals surface area contributed by atoms with E-state index in [0.717, 1.165) is 10.5 Å². The molecule has 1 amide bonds. The van der Waals surface area contributed by atoms with Crippen LogP contribution in [0.3, 0.4) is 0 Å². The molecule has 1 aromatic rings. The van der Waals surface area contributed by atoms with Crippen LogP contribution >= 0.6 is 0 Å². The molecule has 0 aliphatic carbocycles. The molecule has 0 N–H and O–H groups in total. The minimum absolute atomic E-state index is 0.102. The molecule has 0 spiro atoms. The van der Waals surface area contributed by atoms with Crippen LogP contribution in [0.25, 0.3) is 0 Å². The van der Waals surface area contributed by atoms with E-state index in [2.05, 4.69) is 0 Å². The molecule has 3 nitrogen and oxygen atoms in total. The van der Waals surface area contributed by atoms with Crippen LogP contribution in [0.5, 0.6) is 0 Å². The number of rotatable bonds is 0. The number of amides is 1. The Kier molecular flexibility index (Phi) is 1.69. The normalized spacial score (nSPS) is 14.4. The predicted molar refractivity (Wildman–Crippen MR) is 41.7 cm³/mol. The zero-order chi connectivity index (χ0) is 9.42. The van der Waals surface area contributed by atoms with Crippen LogP contribution in [-0.4, -0.2) is 11.0 Å². The van der Waals surface area contributed by atoms with Gasteiger partial charge in [0.2, 0.25) is 0 Å². The fraction of sp³-hybridized carbons (Fsp3) is 0.222. The van der Waals surface area contributed by atoms with Gasteiger partial charge in [-0.05, 0) is 11.6 Å². The van der Waals surface area contributed by atoms with Crippen molar-refractivity contribution in [2.24, 2.45) is 0 Å². The maximum absolute atomic E-state index is 13.1. The summed E-state index contributed by atoms with van der Waals surface area (Å²) in [5.41, 5.74) is 1.19. The summed E-state index contributed by atoms with van der Waals surface area (Å²) in [7, 11) is 0. The first kappa shape index (κ1) is 8.04. The number of nitrogens with zero attached hydrogens (tertiary/aromatic N) is 1. The Morgan fingerprint density at radius 2 is 2.15 bits per heavy atom. The lowest BCUT2D eigenvalue weighted by Crippen LogP contribution is -2.21. The second-order valence-electron chi connectivity index (χ2n) is 3.00. The van der Waals surface area contributed by atoms with Crippen molar-refractivity contribution in [3.8, 4) is 0 Å². The van der Waals surface area contributed by atoms with Crippen LogP contribution in [0.4, 0.5) is 9.18 Å². The second kappa shape index (κ2) is 2.73. The van der Waals surface area contributed by atoms with E-state index >= 15 is 0 Å². The number of hydrogen-bond acceptors (Lipinski definition) is 1. The van der Waals surface area contributed by atoms with Crippen molar-refractivity contribution in [3.63, 3.8) is 0 Å². The molecule has 1 aliphatic rings. The van der Waals surface area contributed by atoms with Gasteiger partial charge in [0.05, 0.1) is 6.54 Å². The lowest BCUT2D eigenvalue weighted by molar-refractivity contribution is 0.119. The van der Waals surface area contributed by atoms with Crippen molar-refractivity contribution in [1.29, 1.82) is 0 Å². The maximum Gasteiger partial charge on any atom is 0.453 e. The summed E-state index contributed by atoms with van der Waals surface area (Å²) < 4.78 is 13.1. The van der Waals surface area contributed by atoms with Gasteiger partial charge in [-0.2, -0.15) is 0 Å². The van der Waals surface area contributed by atoms with E-state index in [1.54, 1.807) is 12.1 Å². The van der Waals surface area contributed by atoms with Crippen molar-refractivity contribution in [2.75, 3.05) is 0 Å². The number of benzene rings is 1. The van der Waals surface area contributed by atoms with E-state index in [0.29, 0.717) is 5.56 Å². The molecule has 67 valence electrons. The highest BCUT2D eigenvalue weighted by molar-refractivity contribution is 5.65. The van der Waals surface area contributed by atoms with Crippen LogP contribution in [0.2, 0.25) is 0 Å². The van der Waals surface area contributed by atoms with Gasteiger partial charge in [-0.25, -0.2) is 14.3 Å². The molecule has 1 radical (unpaired) electrons. The highest BCUT2D eigenvalue weighted by Crippen LogP contribution is 2.24. The summed E-state index contributed by atoms with van der Waals surface area (Å²) in [4.78, 5) is 11.6. The molecule has 13 heavy (non-hydrogen) atoms. The van der Waals surface area contributed by atoms with Gasteiger partial charge in [0, 0.05) is 12.1 Å². The summed E-state index contributed by atoms with van der Waals surface area (Å²) in [6, 6.07) is 4.63. The molecule has 0 atom stereocenters. The fourth-order valence-corrected chi connectivity index (χ4v) is 1.51. The van der Waals surface area contributed by atoms with Gasteiger partial charge in [0.1, 0.15) is 5.82 Å². The van der Waals surface area contributed by atoms with Crippen molar-refractivity contribution >= 4 is 6.09 Å². The van der Waals surface area contributed by atoms with E-state index in [9.17, 15) is 14.3 Å². The molecule has 1 aliphatic heterocycles. The third kappa shape index (κ3) is 1.24. The van der Waals surface area contributed by atoms with E-state index in [1.165, 1.54) is 6.07 Å². The van der Waals surface area contributed by atoms with E-state index in [-0.39, 0.29) is 18.9 Å². The van der Waals surface area contributed by atoms with Gasteiger partial charge >= 0.3 is 6.09 Å². The molecule has 1 heterocycles. The van der Waals surface area contributed by atoms with E-state index in [4.69, 9.17) is 0 Å². The third-order valence-electron chi connectivity index (χ3n) is 2.18. The SMILES string of the molecule is [O]C(=O)N1Cc2cccc(F)c2C1. The minimum atomic E-state index is -1.25. The van der Waals surface area contributed by atoms with Gasteiger partial charge in [-0.15, -0.1) is 0 Å². The predicted octanol–water partition coefficient (Wildman–Crippen LogP) is 1.69. The van der Waals surface area contributed by atoms with Gasteiger partial charge in [0.15, 0.2) is 0 Å². The molecular weight excluding hydrogens is 173 g/mol. The number of halogens is 1. The van der Waals surface area contributed by atoms with E-state index in [1.807, 2.05) is 0 Å².